The highest BCUT2D eigenvalue weighted by atomic mass is 35.5. The number of hydrogen-bond donors (Lipinski definition) is 1. The molecule has 1 heterocycles. The average molecular weight is 275 g/mol. The fourth-order valence-corrected chi connectivity index (χ4v) is 3.15. The van der Waals surface area contributed by atoms with Gasteiger partial charge in [0.15, 0.2) is 0 Å². The van der Waals surface area contributed by atoms with E-state index in [1.54, 1.807) is 0 Å². The van der Waals surface area contributed by atoms with Crippen LogP contribution in [0.3, 0.4) is 0 Å². The van der Waals surface area contributed by atoms with Gasteiger partial charge in [-0.2, -0.15) is 0 Å². The van der Waals surface area contributed by atoms with Gasteiger partial charge in [0.05, 0.1) is 0 Å². The second-order valence-electron chi connectivity index (χ2n) is 6.32. The quantitative estimate of drug-likeness (QED) is 0.859. The topological polar surface area (TPSA) is 46.3 Å². The first-order valence-corrected chi connectivity index (χ1v) is 7.02. The predicted octanol–water partition coefficient (Wildman–Crippen LogP) is 2.43. The van der Waals surface area contributed by atoms with E-state index in [2.05, 4.69) is 25.7 Å². The summed E-state index contributed by atoms with van der Waals surface area (Å²) in [5.41, 5.74) is 6.10. The van der Waals surface area contributed by atoms with Crippen LogP contribution < -0.4 is 5.73 Å². The zero-order chi connectivity index (χ0) is 12.6. The fourth-order valence-electron chi connectivity index (χ4n) is 3.15. The molecule has 2 rings (SSSR count). The minimum Gasteiger partial charge on any atom is -0.338 e. The van der Waals surface area contributed by atoms with Crippen molar-refractivity contribution in [3.63, 3.8) is 0 Å². The third kappa shape index (κ3) is 2.83. The molecule has 0 aromatic heterocycles. The van der Waals surface area contributed by atoms with E-state index < -0.39 is 0 Å². The molecule has 0 aromatic rings. The minimum atomic E-state index is 0. The molecule has 18 heavy (non-hydrogen) atoms. The second-order valence-corrected chi connectivity index (χ2v) is 6.32. The minimum absolute atomic E-state index is 0. The molecular weight excluding hydrogens is 248 g/mol. The van der Waals surface area contributed by atoms with Gasteiger partial charge in [-0.05, 0) is 37.0 Å². The van der Waals surface area contributed by atoms with E-state index in [1.165, 1.54) is 0 Å². The van der Waals surface area contributed by atoms with Crippen molar-refractivity contribution in [2.24, 2.45) is 23.0 Å². The van der Waals surface area contributed by atoms with Crippen LogP contribution in [-0.4, -0.2) is 29.9 Å². The van der Waals surface area contributed by atoms with Crippen LogP contribution >= 0.6 is 12.4 Å². The SMILES string of the molecule is CCC1(C)CC1C(=O)N1CCC(C)CC1CN.Cl. The van der Waals surface area contributed by atoms with Crippen LogP contribution in [0.25, 0.3) is 0 Å². The molecule has 2 aliphatic rings. The highest BCUT2D eigenvalue weighted by molar-refractivity contribution is 5.85. The van der Waals surface area contributed by atoms with Crippen LogP contribution in [0, 0.1) is 17.3 Å². The van der Waals surface area contributed by atoms with Crippen LogP contribution in [-0.2, 0) is 4.79 Å². The highest BCUT2D eigenvalue weighted by Crippen LogP contribution is 2.55. The van der Waals surface area contributed by atoms with Gasteiger partial charge >= 0.3 is 0 Å². The first-order chi connectivity index (χ1) is 8.01. The van der Waals surface area contributed by atoms with Gasteiger partial charge in [0.2, 0.25) is 5.91 Å². The van der Waals surface area contributed by atoms with Crippen molar-refractivity contribution >= 4 is 18.3 Å². The van der Waals surface area contributed by atoms with Gasteiger partial charge < -0.3 is 10.6 Å². The molecule has 1 saturated heterocycles. The molecule has 1 aliphatic carbocycles. The van der Waals surface area contributed by atoms with E-state index in [0.29, 0.717) is 18.4 Å². The number of carbonyl (C=O) groups excluding carboxylic acids is 1. The maximum atomic E-state index is 12.5. The Balaban J connectivity index is 0.00000162. The van der Waals surface area contributed by atoms with Gasteiger partial charge in [-0.15, -0.1) is 12.4 Å². The molecule has 1 saturated carbocycles. The zero-order valence-electron chi connectivity index (χ0n) is 11.8. The van der Waals surface area contributed by atoms with Gasteiger partial charge in [-0.1, -0.05) is 20.8 Å². The van der Waals surface area contributed by atoms with E-state index >= 15 is 0 Å². The Labute approximate surface area is 117 Å². The van der Waals surface area contributed by atoms with E-state index in [4.69, 9.17) is 5.73 Å². The number of rotatable bonds is 3. The molecule has 1 aliphatic heterocycles. The van der Waals surface area contributed by atoms with E-state index in [9.17, 15) is 4.79 Å². The molecule has 0 bridgehead atoms. The summed E-state index contributed by atoms with van der Waals surface area (Å²) >= 11 is 0. The third-order valence-electron chi connectivity index (χ3n) is 4.99. The van der Waals surface area contributed by atoms with Crippen molar-refractivity contribution < 1.29 is 4.79 Å². The number of likely N-dealkylation sites (tertiary alicyclic amines) is 1. The highest BCUT2D eigenvalue weighted by Gasteiger charge is 2.54. The van der Waals surface area contributed by atoms with Gasteiger partial charge in [-0.25, -0.2) is 0 Å². The third-order valence-corrected chi connectivity index (χ3v) is 4.99. The Kier molecular flexibility index (Phi) is 5.07. The maximum absolute atomic E-state index is 12.5. The summed E-state index contributed by atoms with van der Waals surface area (Å²) in [6, 6.07) is 0.285. The van der Waals surface area contributed by atoms with Gasteiger partial charge in [-0.3, -0.25) is 4.79 Å². The van der Waals surface area contributed by atoms with Crippen molar-refractivity contribution in [2.75, 3.05) is 13.1 Å². The molecule has 106 valence electrons. The molecular formula is C14H27ClN2O. The van der Waals surface area contributed by atoms with E-state index in [0.717, 1.165) is 32.2 Å². The molecule has 0 radical (unpaired) electrons. The van der Waals surface area contributed by atoms with Crippen molar-refractivity contribution in [3.8, 4) is 0 Å². The number of nitrogens with two attached hydrogens (primary N) is 1. The van der Waals surface area contributed by atoms with Crippen LogP contribution in [0.2, 0.25) is 0 Å². The van der Waals surface area contributed by atoms with Crippen molar-refractivity contribution in [3.05, 3.63) is 0 Å². The van der Waals surface area contributed by atoms with Crippen molar-refractivity contribution in [1.82, 2.24) is 4.90 Å². The monoisotopic (exact) mass is 274 g/mol. The lowest BCUT2D eigenvalue weighted by atomic mass is 9.91. The van der Waals surface area contributed by atoms with Crippen LogP contribution in [0.15, 0.2) is 0 Å². The number of hydrogen-bond acceptors (Lipinski definition) is 2. The van der Waals surface area contributed by atoms with Gasteiger partial charge in [0.1, 0.15) is 0 Å². The molecule has 0 spiro atoms. The zero-order valence-corrected chi connectivity index (χ0v) is 12.6. The summed E-state index contributed by atoms with van der Waals surface area (Å²) in [5, 5.41) is 0. The fraction of sp³-hybridized carbons (Fsp3) is 0.929. The van der Waals surface area contributed by atoms with Crippen molar-refractivity contribution in [1.29, 1.82) is 0 Å². The summed E-state index contributed by atoms with van der Waals surface area (Å²) in [7, 11) is 0. The maximum Gasteiger partial charge on any atom is 0.226 e. The number of carbonyl (C=O) groups is 1. The lowest BCUT2D eigenvalue weighted by Gasteiger charge is -2.38. The summed E-state index contributed by atoms with van der Waals surface area (Å²) in [6.07, 6.45) is 4.40. The van der Waals surface area contributed by atoms with E-state index in [1.807, 2.05) is 0 Å². The van der Waals surface area contributed by atoms with Gasteiger partial charge in [0, 0.05) is 25.0 Å². The number of nitrogens with zero attached hydrogens (tertiary/aromatic N) is 1. The molecule has 3 nitrogen and oxygen atoms in total. The Morgan fingerprint density at radius 2 is 2.17 bits per heavy atom. The predicted molar refractivity (Wildman–Crippen MR) is 76.7 cm³/mol. The molecule has 2 N–H and O–H groups in total. The average Bonchev–Trinajstić information content (AvgIpc) is 3.01. The Morgan fingerprint density at radius 3 is 2.67 bits per heavy atom. The first-order valence-electron chi connectivity index (χ1n) is 7.02. The molecule has 1 amide bonds. The van der Waals surface area contributed by atoms with Crippen LogP contribution in [0.1, 0.15) is 46.5 Å². The normalized spacial score (nSPS) is 39.1. The summed E-state index contributed by atoms with van der Waals surface area (Å²) in [5.74, 6) is 1.36. The molecule has 4 atom stereocenters. The Morgan fingerprint density at radius 1 is 1.50 bits per heavy atom. The lowest BCUT2D eigenvalue weighted by Crippen LogP contribution is -2.50. The van der Waals surface area contributed by atoms with E-state index in [-0.39, 0.29) is 29.8 Å². The summed E-state index contributed by atoms with van der Waals surface area (Å²) in [6.45, 7) is 8.22. The second kappa shape index (κ2) is 5.79. The van der Waals surface area contributed by atoms with Crippen LogP contribution in [0.4, 0.5) is 0 Å². The Bertz CT molecular complexity index is 310. The first kappa shape index (κ1) is 15.8. The summed E-state index contributed by atoms with van der Waals surface area (Å²) in [4.78, 5) is 14.6. The number of piperidine rings is 1. The summed E-state index contributed by atoms with van der Waals surface area (Å²) < 4.78 is 0. The molecule has 4 heteroatoms. The molecule has 0 aromatic carbocycles. The standard InChI is InChI=1S/C14H26N2O.ClH/c1-4-14(3)8-12(14)13(17)16-6-5-10(2)7-11(16)9-15;/h10-12H,4-9,15H2,1-3H3;1H. The smallest absolute Gasteiger partial charge is 0.226 e. The van der Waals surface area contributed by atoms with Crippen LogP contribution in [0.5, 0.6) is 0 Å². The van der Waals surface area contributed by atoms with Gasteiger partial charge in [0.25, 0.3) is 0 Å². The number of halogens is 1. The molecule has 2 fully saturated rings. The molecule has 4 unspecified atom stereocenters. The Hall–Kier alpha value is -0.280. The number of amides is 1. The van der Waals surface area contributed by atoms with Crippen molar-refractivity contribution in [2.45, 2.75) is 52.5 Å². The largest absolute Gasteiger partial charge is 0.338 e. The lowest BCUT2D eigenvalue weighted by molar-refractivity contribution is -0.137.